The summed E-state index contributed by atoms with van der Waals surface area (Å²) in [4.78, 5) is 25.4. The minimum absolute atomic E-state index is 0.000340. The van der Waals surface area contributed by atoms with E-state index in [0.29, 0.717) is 12.0 Å². The molecule has 1 aliphatic carbocycles. The Morgan fingerprint density at radius 1 is 1.27 bits per heavy atom. The van der Waals surface area contributed by atoms with Crippen LogP contribution in [0.25, 0.3) is 0 Å². The number of likely N-dealkylation sites (N-methyl/N-ethyl adjacent to an activating group) is 1. The van der Waals surface area contributed by atoms with Crippen molar-refractivity contribution in [2.24, 2.45) is 0 Å². The first-order chi connectivity index (χ1) is 12.5. The van der Waals surface area contributed by atoms with Crippen molar-refractivity contribution in [3.05, 3.63) is 75.9 Å². The van der Waals surface area contributed by atoms with Gasteiger partial charge in [-0.25, -0.2) is 0 Å². The van der Waals surface area contributed by atoms with Crippen LogP contribution in [0.2, 0.25) is 0 Å². The van der Waals surface area contributed by atoms with Crippen LogP contribution in [0.15, 0.2) is 54.6 Å². The zero-order valence-electron chi connectivity index (χ0n) is 14.5. The second-order valence-corrected chi connectivity index (χ2v) is 6.71. The molecule has 0 aromatic heterocycles. The van der Waals surface area contributed by atoms with Crippen LogP contribution >= 0.6 is 0 Å². The van der Waals surface area contributed by atoms with E-state index in [4.69, 9.17) is 4.74 Å². The highest BCUT2D eigenvalue weighted by Gasteiger charge is 2.52. The number of amides is 1. The second kappa shape index (κ2) is 5.69. The number of carbonyl (C=O) groups excluding carboxylic acids is 1. The molecule has 0 N–H and O–H groups in total. The standard InChI is InChI=1S/C20H18N2O4/c1-21-17-8-7-14(22(24)25)11-16(17)20(19(21)23)10-9-13(12-20)15-5-3-4-6-18(15)26-2/h3-11,13H,12H2,1-2H3/t13-,20+/m0/s1. The van der Waals surface area contributed by atoms with Crippen molar-refractivity contribution in [3.63, 3.8) is 0 Å². The van der Waals surface area contributed by atoms with Crippen LogP contribution in [0.3, 0.4) is 0 Å². The Morgan fingerprint density at radius 2 is 2.04 bits per heavy atom. The zero-order chi connectivity index (χ0) is 18.5. The van der Waals surface area contributed by atoms with Crippen LogP contribution in [0.1, 0.15) is 23.5 Å². The zero-order valence-corrected chi connectivity index (χ0v) is 14.5. The summed E-state index contributed by atoms with van der Waals surface area (Å²) >= 11 is 0. The maximum atomic E-state index is 13.1. The fourth-order valence-electron chi connectivity index (χ4n) is 4.12. The number of para-hydroxylation sites is 1. The Morgan fingerprint density at radius 3 is 2.77 bits per heavy atom. The number of allylic oxidation sites excluding steroid dienone is 1. The van der Waals surface area contributed by atoms with E-state index >= 15 is 0 Å². The van der Waals surface area contributed by atoms with E-state index in [0.717, 1.165) is 17.0 Å². The summed E-state index contributed by atoms with van der Waals surface area (Å²) in [6.45, 7) is 0. The molecule has 6 nitrogen and oxygen atoms in total. The maximum Gasteiger partial charge on any atom is 0.269 e. The lowest BCUT2D eigenvalue weighted by atomic mass is 9.78. The number of benzene rings is 2. The van der Waals surface area contributed by atoms with Gasteiger partial charge in [-0.2, -0.15) is 0 Å². The number of carbonyl (C=O) groups is 1. The predicted molar refractivity (Wildman–Crippen MR) is 97.7 cm³/mol. The average Bonchev–Trinajstić information content (AvgIpc) is 3.19. The Hall–Kier alpha value is -3.15. The quantitative estimate of drug-likeness (QED) is 0.482. The minimum Gasteiger partial charge on any atom is -0.496 e. The average molecular weight is 350 g/mol. The summed E-state index contributed by atoms with van der Waals surface area (Å²) in [7, 11) is 3.34. The summed E-state index contributed by atoms with van der Waals surface area (Å²) in [6.07, 6.45) is 4.45. The largest absolute Gasteiger partial charge is 0.496 e. The van der Waals surface area contributed by atoms with Crippen molar-refractivity contribution in [1.82, 2.24) is 0 Å². The van der Waals surface area contributed by atoms with Crippen molar-refractivity contribution in [2.75, 3.05) is 19.1 Å². The van der Waals surface area contributed by atoms with Crippen molar-refractivity contribution in [1.29, 1.82) is 0 Å². The van der Waals surface area contributed by atoms with Crippen molar-refractivity contribution in [3.8, 4) is 5.75 Å². The van der Waals surface area contributed by atoms with Crippen LogP contribution in [0.4, 0.5) is 11.4 Å². The van der Waals surface area contributed by atoms with Crippen LogP contribution in [0.5, 0.6) is 5.75 Å². The molecule has 4 rings (SSSR count). The molecular weight excluding hydrogens is 332 g/mol. The minimum atomic E-state index is -0.860. The van der Waals surface area contributed by atoms with Crippen LogP contribution in [-0.4, -0.2) is 25.0 Å². The molecule has 1 aliphatic heterocycles. The Kier molecular flexibility index (Phi) is 3.57. The lowest BCUT2D eigenvalue weighted by Crippen LogP contribution is -2.36. The molecule has 2 atom stereocenters. The molecule has 2 aromatic rings. The molecule has 26 heavy (non-hydrogen) atoms. The van der Waals surface area contributed by atoms with Crippen LogP contribution < -0.4 is 9.64 Å². The number of rotatable bonds is 3. The normalized spacial score (nSPS) is 23.5. The Balaban J connectivity index is 1.79. The predicted octanol–water partition coefficient (Wildman–Crippen LogP) is 3.56. The number of methoxy groups -OCH3 is 1. The second-order valence-electron chi connectivity index (χ2n) is 6.71. The van der Waals surface area contributed by atoms with E-state index in [1.807, 2.05) is 36.4 Å². The first kappa shape index (κ1) is 16.3. The number of ether oxygens (including phenoxy) is 1. The van der Waals surface area contributed by atoms with Gasteiger partial charge in [-0.3, -0.25) is 14.9 Å². The lowest BCUT2D eigenvalue weighted by molar-refractivity contribution is -0.384. The van der Waals surface area contributed by atoms with E-state index in [1.165, 1.54) is 12.1 Å². The summed E-state index contributed by atoms with van der Waals surface area (Å²) in [5.41, 5.74) is 1.58. The molecule has 1 spiro atoms. The first-order valence-electron chi connectivity index (χ1n) is 8.37. The molecule has 0 fully saturated rings. The highest BCUT2D eigenvalue weighted by atomic mass is 16.6. The van der Waals surface area contributed by atoms with E-state index in [-0.39, 0.29) is 17.5 Å². The third-order valence-electron chi connectivity index (χ3n) is 5.41. The molecule has 0 bridgehead atoms. The molecule has 1 heterocycles. The molecule has 0 saturated carbocycles. The summed E-state index contributed by atoms with van der Waals surface area (Å²) in [6, 6.07) is 12.4. The first-order valence-corrected chi connectivity index (χ1v) is 8.37. The van der Waals surface area contributed by atoms with Gasteiger partial charge in [0.15, 0.2) is 0 Å². The van der Waals surface area contributed by atoms with Gasteiger partial charge in [0, 0.05) is 41.9 Å². The SMILES string of the molecule is COc1ccccc1[C@H]1C=C[C@]2(C1)C(=O)N(C)c1ccc([N+](=O)[O-])cc12. The summed E-state index contributed by atoms with van der Waals surface area (Å²) in [5.74, 6) is 0.729. The van der Waals surface area contributed by atoms with Gasteiger partial charge < -0.3 is 9.64 Å². The molecule has 6 heteroatoms. The fourth-order valence-corrected chi connectivity index (χ4v) is 4.12. The third kappa shape index (κ3) is 2.15. The molecule has 1 amide bonds. The number of nitrogens with zero attached hydrogens (tertiary/aromatic N) is 2. The van der Waals surface area contributed by atoms with Gasteiger partial charge in [-0.15, -0.1) is 0 Å². The van der Waals surface area contributed by atoms with Crippen molar-refractivity contribution >= 4 is 17.3 Å². The number of hydrogen-bond donors (Lipinski definition) is 0. The highest BCUT2D eigenvalue weighted by Crippen LogP contribution is 2.53. The molecule has 2 aliphatic rings. The third-order valence-corrected chi connectivity index (χ3v) is 5.41. The highest BCUT2D eigenvalue weighted by molar-refractivity contribution is 6.10. The van der Waals surface area contributed by atoms with Gasteiger partial charge >= 0.3 is 0 Å². The number of fused-ring (bicyclic) bond motifs is 2. The monoisotopic (exact) mass is 350 g/mol. The number of nitro groups is 1. The summed E-state index contributed by atoms with van der Waals surface area (Å²) < 4.78 is 5.46. The van der Waals surface area contributed by atoms with Gasteiger partial charge in [-0.05, 0) is 18.6 Å². The van der Waals surface area contributed by atoms with Gasteiger partial charge in [0.25, 0.3) is 5.69 Å². The van der Waals surface area contributed by atoms with E-state index in [1.54, 1.807) is 25.1 Å². The van der Waals surface area contributed by atoms with Gasteiger partial charge in [0.05, 0.1) is 17.4 Å². The van der Waals surface area contributed by atoms with Gasteiger partial charge in [-0.1, -0.05) is 30.4 Å². The summed E-state index contributed by atoms with van der Waals surface area (Å²) in [5, 5.41) is 11.2. The van der Waals surface area contributed by atoms with E-state index in [9.17, 15) is 14.9 Å². The van der Waals surface area contributed by atoms with Crippen LogP contribution in [-0.2, 0) is 10.2 Å². The van der Waals surface area contributed by atoms with Crippen molar-refractivity contribution in [2.45, 2.75) is 17.8 Å². The molecule has 0 saturated heterocycles. The van der Waals surface area contributed by atoms with Crippen molar-refractivity contribution < 1.29 is 14.5 Å². The fraction of sp³-hybridized carbons (Fsp3) is 0.250. The van der Waals surface area contributed by atoms with Gasteiger partial charge in [0.2, 0.25) is 5.91 Å². The van der Waals surface area contributed by atoms with Gasteiger partial charge in [0.1, 0.15) is 5.75 Å². The topological polar surface area (TPSA) is 72.7 Å². The lowest BCUT2D eigenvalue weighted by Gasteiger charge is -2.23. The number of nitro benzene ring substituents is 1. The molecule has 132 valence electrons. The Bertz CT molecular complexity index is 953. The molecular formula is C20H18N2O4. The number of anilines is 1. The van der Waals surface area contributed by atoms with E-state index < -0.39 is 10.3 Å². The number of non-ortho nitro benzene ring substituents is 1. The molecule has 2 aromatic carbocycles. The molecule has 0 unspecified atom stereocenters. The smallest absolute Gasteiger partial charge is 0.269 e. The Labute approximate surface area is 150 Å². The van der Waals surface area contributed by atoms with E-state index in [2.05, 4.69) is 0 Å². The number of hydrogen-bond acceptors (Lipinski definition) is 4. The molecule has 0 radical (unpaired) electrons. The maximum absolute atomic E-state index is 13.1. The van der Waals surface area contributed by atoms with Crippen LogP contribution in [0, 0.1) is 10.1 Å².